The monoisotopic (exact) mass is 316 g/mol. The zero-order chi connectivity index (χ0) is 16.2. The Kier molecular flexibility index (Phi) is 5.22. The second-order valence-corrected chi connectivity index (χ2v) is 6.41. The Hall–Kier alpha value is -1.84. The van der Waals surface area contributed by atoms with Crippen molar-refractivity contribution in [1.82, 2.24) is 5.32 Å². The Labute approximate surface area is 136 Å². The Morgan fingerprint density at radius 1 is 1.18 bits per heavy atom. The van der Waals surface area contributed by atoms with Crippen molar-refractivity contribution in [2.45, 2.75) is 25.8 Å². The van der Waals surface area contributed by atoms with Crippen LogP contribution in [0.5, 0.6) is 0 Å². The summed E-state index contributed by atoms with van der Waals surface area (Å²) in [6, 6.07) is 15.1. The van der Waals surface area contributed by atoms with Gasteiger partial charge in [0.15, 0.2) is 0 Å². The van der Waals surface area contributed by atoms with Gasteiger partial charge < -0.3 is 11.1 Å². The van der Waals surface area contributed by atoms with Gasteiger partial charge in [0.25, 0.3) is 5.91 Å². The van der Waals surface area contributed by atoms with E-state index >= 15 is 0 Å². The molecule has 1 amide bonds. The lowest BCUT2D eigenvalue weighted by molar-refractivity contribution is 0.0945. The molecule has 0 saturated carbocycles. The lowest BCUT2D eigenvalue weighted by Crippen LogP contribution is -2.36. The maximum atomic E-state index is 12.2. The maximum Gasteiger partial charge on any atom is 0.251 e. The van der Waals surface area contributed by atoms with E-state index in [2.05, 4.69) is 19.2 Å². The number of carbonyl (C=O) groups is 1. The second-order valence-electron chi connectivity index (χ2n) is 5.98. The van der Waals surface area contributed by atoms with Gasteiger partial charge in [-0.25, -0.2) is 0 Å². The normalized spacial score (nSPS) is 11.3. The van der Waals surface area contributed by atoms with Crippen LogP contribution >= 0.6 is 11.6 Å². The van der Waals surface area contributed by atoms with E-state index < -0.39 is 0 Å². The highest BCUT2D eigenvalue weighted by Crippen LogP contribution is 2.24. The van der Waals surface area contributed by atoms with E-state index in [1.165, 1.54) is 0 Å². The summed E-state index contributed by atoms with van der Waals surface area (Å²) in [7, 11) is 0. The summed E-state index contributed by atoms with van der Waals surface area (Å²) in [6.45, 7) is 5.17. The molecule has 116 valence electrons. The Bertz CT molecular complexity index is 650. The van der Waals surface area contributed by atoms with Crippen LogP contribution in [0.3, 0.4) is 0 Å². The van der Waals surface area contributed by atoms with Gasteiger partial charge in [0.2, 0.25) is 0 Å². The molecule has 22 heavy (non-hydrogen) atoms. The van der Waals surface area contributed by atoms with Crippen LogP contribution in [0.1, 0.15) is 35.3 Å². The molecule has 2 rings (SSSR count). The minimum Gasteiger partial charge on any atom is -0.351 e. The van der Waals surface area contributed by atoms with Gasteiger partial charge in [-0.3, -0.25) is 4.79 Å². The second kappa shape index (κ2) is 6.95. The fourth-order valence-electron chi connectivity index (χ4n) is 2.21. The van der Waals surface area contributed by atoms with E-state index in [-0.39, 0.29) is 11.3 Å². The fraction of sp³-hybridized carbons (Fsp3) is 0.278. The van der Waals surface area contributed by atoms with Crippen molar-refractivity contribution in [3.8, 4) is 0 Å². The largest absolute Gasteiger partial charge is 0.351 e. The third-order valence-corrected chi connectivity index (χ3v) is 3.98. The van der Waals surface area contributed by atoms with Crippen molar-refractivity contribution >= 4 is 17.5 Å². The summed E-state index contributed by atoms with van der Waals surface area (Å²) in [6.07, 6.45) is 0. The van der Waals surface area contributed by atoms with Crippen molar-refractivity contribution in [3.05, 3.63) is 70.2 Å². The van der Waals surface area contributed by atoms with Gasteiger partial charge in [0.05, 0.1) is 0 Å². The van der Waals surface area contributed by atoms with Crippen molar-refractivity contribution < 1.29 is 4.79 Å². The Balaban J connectivity index is 2.02. The zero-order valence-corrected chi connectivity index (χ0v) is 13.7. The lowest BCUT2D eigenvalue weighted by atomic mass is 9.84. The summed E-state index contributed by atoms with van der Waals surface area (Å²) in [5, 5.41) is 3.68. The molecule has 0 radical (unpaired) electrons. The molecule has 2 aromatic carbocycles. The molecule has 0 heterocycles. The summed E-state index contributed by atoms with van der Waals surface area (Å²) < 4.78 is 0. The van der Waals surface area contributed by atoms with Crippen molar-refractivity contribution in [2.75, 3.05) is 6.54 Å². The molecule has 0 aliphatic carbocycles. The predicted molar refractivity (Wildman–Crippen MR) is 91.1 cm³/mol. The summed E-state index contributed by atoms with van der Waals surface area (Å²) in [5.74, 6) is -0.0846. The number of halogens is 1. The van der Waals surface area contributed by atoms with Crippen LogP contribution in [-0.2, 0) is 12.0 Å². The molecule has 3 nitrogen and oxygen atoms in total. The number of hydrogen-bond donors (Lipinski definition) is 2. The van der Waals surface area contributed by atoms with Crippen LogP contribution in [0, 0.1) is 0 Å². The van der Waals surface area contributed by atoms with Gasteiger partial charge in [-0.2, -0.15) is 0 Å². The highest BCUT2D eigenvalue weighted by atomic mass is 35.5. The number of nitrogens with one attached hydrogen (secondary N) is 1. The van der Waals surface area contributed by atoms with Crippen molar-refractivity contribution in [1.29, 1.82) is 0 Å². The Morgan fingerprint density at radius 3 is 2.45 bits per heavy atom. The van der Waals surface area contributed by atoms with Crippen molar-refractivity contribution in [2.24, 2.45) is 5.73 Å². The first-order valence-electron chi connectivity index (χ1n) is 7.25. The molecule has 0 spiro atoms. The molecule has 0 bridgehead atoms. The van der Waals surface area contributed by atoms with Crippen LogP contribution in [0.2, 0.25) is 5.02 Å². The minimum absolute atomic E-state index is 0.0846. The Morgan fingerprint density at radius 2 is 1.86 bits per heavy atom. The van der Waals surface area contributed by atoms with Crippen LogP contribution in [-0.4, -0.2) is 12.5 Å². The third-order valence-electron chi connectivity index (χ3n) is 3.75. The molecular weight excluding hydrogens is 296 g/mol. The first-order chi connectivity index (χ1) is 10.4. The quantitative estimate of drug-likeness (QED) is 0.887. The van der Waals surface area contributed by atoms with Gasteiger partial charge in [-0.15, -0.1) is 0 Å². The van der Waals surface area contributed by atoms with E-state index in [9.17, 15) is 4.79 Å². The third kappa shape index (κ3) is 4.09. The average molecular weight is 317 g/mol. The average Bonchev–Trinajstić information content (AvgIpc) is 2.53. The molecule has 4 heteroatoms. The number of rotatable bonds is 5. The first kappa shape index (κ1) is 16.5. The van der Waals surface area contributed by atoms with E-state index in [1.54, 1.807) is 12.1 Å². The summed E-state index contributed by atoms with van der Waals surface area (Å²) in [5.41, 5.74) is 8.10. The molecule has 0 fully saturated rings. The zero-order valence-electron chi connectivity index (χ0n) is 12.9. The van der Waals surface area contributed by atoms with E-state index in [4.69, 9.17) is 17.3 Å². The van der Waals surface area contributed by atoms with Crippen LogP contribution in [0.25, 0.3) is 0 Å². The van der Waals surface area contributed by atoms with Crippen LogP contribution < -0.4 is 11.1 Å². The molecule has 0 unspecified atom stereocenters. The van der Waals surface area contributed by atoms with Crippen molar-refractivity contribution in [3.63, 3.8) is 0 Å². The number of amides is 1. The molecule has 0 atom stereocenters. The summed E-state index contributed by atoms with van der Waals surface area (Å²) in [4.78, 5) is 12.2. The molecule has 0 aromatic heterocycles. The lowest BCUT2D eigenvalue weighted by Gasteiger charge is -2.26. The van der Waals surface area contributed by atoms with Gasteiger partial charge in [-0.05, 0) is 35.4 Å². The summed E-state index contributed by atoms with van der Waals surface area (Å²) >= 11 is 6.04. The molecule has 0 aliphatic heterocycles. The van der Waals surface area contributed by atoms with E-state index in [0.717, 1.165) is 11.1 Å². The highest BCUT2D eigenvalue weighted by Gasteiger charge is 2.22. The van der Waals surface area contributed by atoms with Crippen LogP contribution in [0.4, 0.5) is 0 Å². The molecule has 3 N–H and O–H groups in total. The standard InChI is InChI=1S/C18H21ClN2O/c1-18(2,15-4-3-5-16(19)10-15)12-21-17(22)14-8-6-13(11-20)7-9-14/h3-10H,11-12,20H2,1-2H3,(H,21,22). The topological polar surface area (TPSA) is 55.1 Å². The number of carbonyl (C=O) groups excluding carboxylic acids is 1. The predicted octanol–water partition coefficient (Wildman–Crippen LogP) is 3.51. The number of benzene rings is 2. The smallest absolute Gasteiger partial charge is 0.251 e. The van der Waals surface area contributed by atoms with Gasteiger partial charge >= 0.3 is 0 Å². The number of nitrogens with two attached hydrogens (primary N) is 1. The molecule has 0 aliphatic rings. The number of hydrogen-bond acceptors (Lipinski definition) is 2. The van der Waals surface area contributed by atoms with E-state index in [1.807, 2.05) is 36.4 Å². The molecular formula is C18H21ClN2O. The minimum atomic E-state index is -0.197. The molecule has 2 aromatic rings. The highest BCUT2D eigenvalue weighted by molar-refractivity contribution is 6.30. The van der Waals surface area contributed by atoms with Gasteiger partial charge in [0, 0.05) is 29.1 Å². The fourth-order valence-corrected chi connectivity index (χ4v) is 2.40. The van der Waals surface area contributed by atoms with Crippen LogP contribution in [0.15, 0.2) is 48.5 Å². The first-order valence-corrected chi connectivity index (χ1v) is 7.63. The van der Waals surface area contributed by atoms with Gasteiger partial charge in [0.1, 0.15) is 0 Å². The maximum absolute atomic E-state index is 12.2. The SMILES string of the molecule is CC(C)(CNC(=O)c1ccc(CN)cc1)c1cccc(Cl)c1. The molecule has 0 saturated heterocycles. The van der Waals surface area contributed by atoms with E-state index in [0.29, 0.717) is 23.7 Å². The van der Waals surface area contributed by atoms with Gasteiger partial charge in [-0.1, -0.05) is 49.7 Å².